The van der Waals surface area contributed by atoms with Gasteiger partial charge >= 0.3 is 0 Å². The summed E-state index contributed by atoms with van der Waals surface area (Å²) >= 11 is 1.40. The van der Waals surface area contributed by atoms with E-state index >= 15 is 0 Å². The van der Waals surface area contributed by atoms with Crippen molar-refractivity contribution < 1.29 is 9.53 Å². The molecule has 0 aromatic carbocycles. The SMILES string of the molecule is CCN(C)c1nc(COC)c(C=O)s1. The highest BCUT2D eigenvalue weighted by molar-refractivity contribution is 7.17. The fourth-order valence-corrected chi connectivity index (χ4v) is 1.89. The number of carbonyl (C=O) groups is 1. The fraction of sp³-hybridized carbons (Fsp3) is 0.556. The lowest BCUT2D eigenvalue weighted by Gasteiger charge is -2.11. The second-order valence-corrected chi connectivity index (χ2v) is 3.88. The molecule has 0 radical (unpaired) electrons. The number of anilines is 1. The molecule has 5 heteroatoms. The zero-order chi connectivity index (χ0) is 10.6. The Morgan fingerprint density at radius 2 is 2.36 bits per heavy atom. The lowest BCUT2D eigenvalue weighted by molar-refractivity contribution is 0.112. The van der Waals surface area contributed by atoms with E-state index in [4.69, 9.17) is 4.74 Å². The number of hydrogen-bond donors (Lipinski definition) is 0. The van der Waals surface area contributed by atoms with E-state index in [0.29, 0.717) is 11.5 Å². The monoisotopic (exact) mass is 214 g/mol. The van der Waals surface area contributed by atoms with Gasteiger partial charge in [-0.15, -0.1) is 0 Å². The number of thiazole rings is 1. The van der Waals surface area contributed by atoms with Crippen LogP contribution in [0.4, 0.5) is 5.13 Å². The summed E-state index contributed by atoms with van der Waals surface area (Å²) in [6, 6.07) is 0. The minimum atomic E-state index is 0.391. The van der Waals surface area contributed by atoms with Crippen LogP contribution in [0.1, 0.15) is 22.3 Å². The Labute approximate surface area is 87.5 Å². The average molecular weight is 214 g/mol. The molecule has 4 nitrogen and oxygen atoms in total. The van der Waals surface area contributed by atoms with Gasteiger partial charge in [0.05, 0.1) is 17.2 Å². The third-order valence-electron chi connectivity index (χ3n) is 1.91. The van der Waals surface area contributed by atoms with Gasteiger partial charge in [-0.05, 0) is 6.92 Å². The van der Waals surface area contributed by atoms with Crippen molar-refractivity contribution >= 4 is 22.8 Å². The minimum Gasteiger partial charge on any atom is -0.378 e. The van der Waals surface area contributed by atoms with Gasteiger partial charge in [0.2, 0.25) is 0 Å². The molecule has 0 fully saturated rings. The minimum absolute atomic E-state index is 0.391. The second kappa shape index (κ2) is 5.07. The van der Waals surface area contributed by atoms with E-state index in [1.807, 2.05) is 18.9 Å². The smallest absolute Gasteiger partial charge is 0.186 e. The summed E-state index contributed by atoms with van der Waals surface area (Å²) in [5.74, 6) is 0. The molecule has 0 atom stereocenters. The number of methoxy groups -OCH3 is 1. The summed E-state index contributed by atoms with van der Waals surface area (Å²) in [6.07, 6.45) is 0.832. The molecule has 78 valence electrons. The molecule has 0 spiro atoms. The summed E-state index contributed by atoms with van der Waals surface area (Å²) < 4.78 is 4.96. The van der Waals surface area contributed by atoms with Crippen LogP contribution in [-0.4, -0.2) is 32.0 Å². The van der Waals surface area contributed by atoms with Crippen LogP contribution in [0.2, 0.25) is 0 Å². The zero-order valence-electron chi connectivity index (χ0n) is 8.61. The average Bonchev–Trinajstić information content (AvgIpc) is 2.60. The van der Waals surface area contributed by atoms with Crippen molar-refractivity contribution in [2.75, 3.05) is 25.6 Å². The van der Waals surface area contributed by atoms with Gasteiger partial charge in [-0.25, -0.2) is 4.98 Å². The van der Waals surface area contributed by atoms with Crippen LogP contribution in [0.25, 0.3) is 0 Å². The van der Waals surface area contributed by atoms with Gasteiger partial charge in [0.25, 0.3) is 0 Å². The maximum atomic E-state index is 10.7. The van der Waals surface area contributed by atoms with Crippen LogP contribution in [0, 0.1) is 0 Å². The number of carbonyl (C=O) groups excluding carboxylic acids is 1. The molecule has 1 aromatic heterocycles. The summed E-state index contributed by atoms with van der Waals surface area (Å²) in [6.45, 7) is 3.30. The van der Waals surface area contributed by atoms with Crippen LogP contribution in [-0.2, 0) is 11.3 Å². The van der Waals surface area contributed by atoms with Gasteiger partial charge in [-0.1, -0.05) is 11.3 Å². The van der Waals surface area contributed by atoms with Crippen molar-refractivity contribution in [1.82, 2.24) is 4.98 Å². The van der Waals surface area contributed by atoms with E-state index in [2.05, 4.69) is 4.98 Å². The largest absolute Gasteiger partial charge is 0.378 e. The Balaban J connectivity index is 2.93. The van der Waals surface area contributed by atoms with E-state index in [0.717, 1.165) is 23.7 Å². The van der Waals surface area contributed by atoms with Gasteiger partial charge < -0.3 is 9.64 Å². The number of ether oxygens (including phenoxy) is 1. The van der Waals surface area contributed by atoms with Crippen LogP contribution in [0.5, 0.6) is 0 Å². The lowest BCUT2D eigenvalue weighted by atomic mass is 10.4. The predicted molar refractivity (Wildman–Crippen MR) is 57.2 cm³/mol. The van der Waals surface area contributed by atoms with Crippen LogP contribution < -0.4 is 4.90 Å². The molecule has 0 saturated carbocycles. The molecule has 0 N–H and O–H groups in total. The van der Waals surface area contributed by atoms with Gasteiger partial charge in [0, 0.05) is 20.7 Å². The molecule has 1 heterocycles. The molecular weight excluding hydrogens is 200 g/mol. The maximum absolute atomic E-state index is 10.7. The van der Waals surface area contributed by atoms with E-state index in [9.17, 15) is 4.79 Å². The zero-order valence-corrected chi connectivity index (χ0v) is 9.43. The highest BCUT2D eigenvalue weighted by Gasteiger charge is 2.12. The van der Waals surface area contributed by atoms with Gasteiger partial charge in [0.15, 0.2) is 11.4 Å². The summed E-state index contributed by atoms with van der Waals surface area (Å²) in [7, 11) is 3.54. The molecule has 0 saturated heterocycles. The normalized spacial score (nSPS) is 10.2. The molecule has 0 bridgehead atoms. The molecule has 1 aromatic rings. The summed E-state index contributed by atoms with van der Waals surface area (Å²) in [4.78, 5) is 17.7. The Morgan fingerprint density at radius 3 is 2.86 bits per heavy atom. The first-order chi connectivity index (χ1) is 6.72. The van der Waals surface area contributed by atoms with Crippen molar-refractivity contribution in [3.05, 3.63) is 10.6 Å². The molecular formula is C9H14N2O2S. The Morgan fingerprint density at radius 1 is 1.64 bits per heavy atom. The molecule has 0 aliphatic heterocycles. The molecule has 0 amide bonds. The van der Waals surface area contributed by atoms with E-state index in [1.54, 1.807) is 7.11 Å². The molecule has 0 unspecified atom stereocenters. The van der Waals surface area contributed by atoms with Crippen molar-refractivity contribution in [2.45, 2.75) is 13.5 Å². The topological polar surface area (TPSA) is 42.4 Å². The standard InChI is InChI=1S/C9H14N2O2S/c1-4-11(2)9-10-7(6-13-3)8(5-12)14-9/h5H,4,6H2,1-3H3. The van der Waals surface area contributed by atoms with Crippen molar-refractivity contribution in [1.29, 1.82) is 0 Å². The highest BCUT2D eigenvalue weighted by Crippen LogP contribution is 2.24. The van der Waals surface area contributed by atoms with E-state index in [-0.39, 0.29) is 0 Å². The number of aldehydes is 1. The molecule has 1 rings (SSSR count). The third-order valence-corrected chi connectivity index (χ3v) is 3.04. The number of rotatable bonds is 5. The quantitative estimate of drug-likeness (QED) is 0.698. The number of nitrogens with zero attached hydrogens (tertiary/aromatic N) is 2. The first-order valence-corrected chi connectivity index (χ1v) is 5.19. The van der Waals surface area contributed by atoms with Crippen molar-refractivity contribution in [3.8, 4) is 0 Å². The highest BCUT2D eigenvalue weighted by atomic mass is 32.1. The first-order valence-electron chi connectivity index (χ1n) is 4.37. The Kier molecular flexibility index (Phi) is 4.03. The fourth-order valence-electron chi connectivity index (χ4n) is 0.981. The van der Waals surface area contributed by atoms with Crippen LogP contribution in [0.15, 0.2) is 0 Å². The molecule has 14 heavy (non-hydrogen) atoms. The van der Waals surface area contributed by atoms with Gasteiger partial charge in [-0.3, -0.25) is 4.79 Å². The van der Waals surface area contributed by atoms with Gasteiger partial charge in [0.1, 0.15) is 0 Å². The van der Waals surface area contributed by atoms with E-state index < -0.39 is 0 Å². The predicted octanol–water partition coefficient (Wildman–Crippen LogP) is 1.56. The first kappa shape index (κ1) is 11.1. The van der Waals surface area contributed by atoms with Crippen molar-refractivity contribution in [2.24, 2.45) is 0 Å². The lowest BCUT2D eigenvalue weighted by Crippen LogP contribution is -2.15. The Bertz CT molecular complexity index is 312. The second-order valence-electron chi connectivity index (χ2n) is 2.87. The van der Waals surface area contributed by atoms with Crippen LogP contribution >= 0.6 is 11.3 Å². The van der Waals surface area contributed by atoms with Crippen molar-refractivity contribution in [3.63, 3.8) is 0 Å². The molecule has 0 aliphatic carbocycles. The third kappa shape index (κ3) is 2.30. The Hall–Kier alpha value is -0.940. The summed E-state index contributed by atoms with van der Waals surface area (Å²) in [5, 5.41) is 0.863. The van der Waals surface area contributed by atoms with E-state index in [1.165, 1.54) is 11.3 Å². The number of hydrogen-bond acceptors (Lipinski definition) is 5. The number of aromatic nitrogens is 1. The molecule has 0 aliphatic rings. The van der Waals surface area contributed by atoms with Crippen LogP contribution in [0.3, 0.4) is 0 Å². The maximum Gasteiger partial charge on any atom is 0.186 e. The summed E-state index contributed by atoms with van der Waals surface area (Å²) in [5.41, 5.74) is 0.725. The van der Waals surface area contributed by atoms with Gasteiger partial charge in [-0.2, -0.15) is 0 Å².